The maximum absolute atomic E-state index is 14.0. The van der Waals surface area contributed by atoms with Crippen LogP contribution in [-0.4, -0.2) is 30.9 Å². The molecule has 0 saturated carbocycles. The summed E-state index contributed by atoms with van der Waals surface area (Å²) in [6, 6.07) is 23.1. The SMILES string of the molecule is CCOc1ccc([C@@H]2C(C(=O)OC)=CN=c3s/c(=C\c4cc(Br)c(OCc5ccc6ccccc6c5)c(I)c4)c(=O)n32)cc1OCC. The van der Waals surface area contributed by atoms with Crippen LogP contribution in [0.4, 0.5) is 0 Å². The van der Waals surface area contributed by atoms with Crippen LogP contribution in [0, 0.1) is 3.57 Å². The summed E-state index contributed by atoms with van der Waals surface area (Å²) in [4.78, 5) is 31.9. The Kier molecular flexibility index (Phi) is 10.1. The smallest absolute Gasteiger partial charge is 0.337 e. The van der Waals surface area contributed by atoms with Crippen molar-refractivity contribution in [2.24, 2.45) is 4.99 Å². The zero-order valence-electron chi connectivity index (χ0n) is 25.8. The Bertz CT molecular complexity index is 2190. The molecule has 0 fully saturated rings. The quantitative estimate of drug-likeness (QED) is 0.112. The third kappa shape index (κ3) is 6.88. The zero-order chi connectivity index (χ0) is 33.1. The normalized spacial score (nSPS) is 14.3. The van der Waals surface area contributed by atoms with E-state index >= 15 is 0 Å². The fraction of sp³-hybridized carbons (Fsp3) is 0.194. The maximum atomic E-state index is 14.0. The van der Waals surface area contributed by atoms with Gasteiger partial charge in [0.15, 0.2) is 16.3 Å². The summed E-state index contributed by atoms with van der Waals surface area (Å²) in [6.45, 7) is 5.08. The van der Waals surface area contributed by atoms with Crippen molar-refractivity contribution in [2.75, 3.05) is 20.3 Å². The van der Waals surface area contributed by atoms with Gasteiger partial charge in [0, 0.05) is 6.20 Å². The van der Waals surface area contributed by atoms with Gasteiger partial charge in [0.25, 0.3) is 5.56 Å². The van der Waals surface area contributed by atoms with Gasteiger partial charge in [-0.2, -0.15) is 0 Å². The van der Waals surface area contributed by atoms with Gasteiger partial charge in [0.05, 0.1) is 44.5 Å². The van der Waals surface area contributed by atoms with Crippen molar-refractivity contribution in [3.63, 3.8) is 0 Å². The highest BCUT2D eigenvalue weighted by molar-refractivity contribution is 14.1. The van der Waals surface area contributed by atoms with Crippen molar-refractivity contribution in [1.29, 1.82) is 0 Å². The number of nitrogens with zero attached hydrogens (tertiary/aromatic N) is 2. The number of esters is 1. The average Bonchev–Trinajstić information content (AvgIpc) is 3.38. The Morgan fingerprint density at radius 1 is 0.979 bits per heavy atom. The maximum Gasteiger partial charge on any atom is 0.337 e. The van der Waals surface area contributed by atoms with E-state index in [0.717, 1.165) is 30.3 Å². The molecule has 0 bridgehead atoms. The summed E-state index contributed by atoms with van der Waals surface area (Å²) in [5, 5.41) is 2.35. The van der Waals surface area contributed by atoms with Crippen molar-refractivity contribution >= 4 is 72.7 Å². The first kappa shape index (κ1) is 33.0. The molecule has 0 radical (unpaired) electrons. The minimum atomic E-state index is -0.770. The third-order valence-corrected chi connectivity index (χ3v) is 9.91. The summed E-state index contributed by atoms with van der Waals surface area (Å²) in [7, 11) is 1.31. The number of methoxy groups -OCH3 is 1. The predicted molar refractivity (Wildman–Crippen MR) is 195 cm³/mol. The van der Waals surface area contributed by atoms with Crippen LogP contribution in [0.2, 0.25) is 0 Å². The zero-order valence-corrected chi connectivity index (χ0v) is 30.3. The van der Waals surface area contributed by atoms with E-state index in [2.05, 4.69) is 73.8 Å². The van der Waals surface area contributed by atoms with E-state index in [1.54, 1.807) is 12.1 Å². The van der Waals surface area contributed by atoms with E-state index < -0.39 is 12.0 Å². The molecule has 2 heterocycles. The Balaban J connectivity index is 1.35. The Morgan fingerprint density at radius 2 is 1.74 bits per heavy atom. The molecule has 6 rings (SSSR count). The fourth-order valence-electron chi connectivity index (χ4n) is 5.42. The fourth-order valence-corrected chi connectivity index (χ4v) is 8.16. The molecule has 5 aromatic rings. The van der Waals surface area contributed by atoms with Gasteiger partial charge in [-0.25, -0.2) is 9.79 Å². The van der Waals surface area contributed by atoms with Gasteiger partial charge < -0.3 is 18.9 Å². The van der Waals surface area contributed by atoms with Crippen molar-refractivity contribution in [3.05, 3.63) is 129 Å². The van der Waals surface area contributed by atoms with Crippen molar-refractivity contribution in [2.45, 2.75) is 26.5 Å². The standard InChI is InChI=1S/C36H30BrIN2O6S/c1-4-44-29-13-12-25(18-30(29)45-5-2)32-26(35(42)43-3)19-39-36-40(32)34(41)31(47-36)17-22-15-27(37)33(28(38)16-22)46-20-21-10-11-23-8-6-7-9-24(23)14-21/h6-19,32H,4-5,20H2,1-3H3/b31-17-/t32-/m1/s1. The molecule has 1 aliphatic rings. The number of rotatable bonds is 10. The van der Waals surface area contributed by atoms with Crippen molar-refractivity contribution in [1.82, 2.24) is 4.57 Å². The molecule has 240 valence electrons. The second-order valence-electron chi connectivity index (χ2n) is 10.5. The number of hydrogen-bond donors (Lipinski definition) is 0. The van der Waals surface area contributed by atoms with Gasteiger partial charge in [-0.15, -0.1) is 0 Å². The van der Waals surface area contributed by atoms with E-state index in [9.17, 15) is 9.59 Å². The number of hydrogen-bond acceptors (Lipinski definition) is 8. The molecule has 0 amide bonds. The monoisotopic (exact) mass is 824 g/mol. The molecule has 4 aromatic carbocycles. The van der Waals surface area contributed by atoms with Crippen LogP contribution in [0.25, 0.3) is 16.8 Å². The van der Waals surface area contributed by atoms with Crippen LogP contribution in [0.15, 0.2) is 98.8 Å². The lowest BCUT2D eigenvalue weighted by Crippen LogP contribution is -2.39. The molecular formula is C36H30BrIN2O6S. The highest BCUT2D eigenvalue weighted by atomic mass is 127. The summed E-state index contributed by atoms with van der Waals surface area (Å²) in [5.74, 6) is 1.26. The lowest BCUT2D eigenvalue weighted by Gasteiger charge is -2.23. The summed E-state index contributed by atoms with van der Waals surface area (Å²) >= 11 is 7.18. The largest absolute Gasteiger partial charge is 0.490 e. The van der Waals surface area contributed by atoms with Gasteiger partial charge in [-0.1, -0.05) is 53.8 Å². The van der Waals surface area contributed by atoms with E-state index in [1.165, 1.54) is 34.6 Å². The average molecular weight is 826 g/mol. The molecule has 8 nitrogen and oxygen atoms in total. The van der Waals surface area contributed by atoms with Crippen molar-refractivity contribution in [3.8, 4) is 17.2 Å². The molecule has 0 aliphatic carbocycles. The highest BCUT2D eigenvalue weighted by Crippen LogP contribution is 2.36. The van der Waals surface area contributed by atoms with Gasteiger partial charge in [0.1, 0.15) is 12.4 Å². The molecule has 11 heteroatoms. The Morgan fingerprint density at radius 3 is 2.49 bits per heavy atom. The summed E-state index contributed by atoms with van der Waals surface area (Å²) < 4.78 is 26.6. The Labute approximate surface area is 297 Å². The molecular weight excluding hydrogens is 795 g/mol. The second-order valence-corrected chi connectivity index (χ2v) is 13.6. The summed E-state index contributed by atoms with van der Waals surface area (Å²) in [6.07, 6.45) is 3.30. The van der Waals surface area contributed by atoms with E-state index in [1.807, 2.05) is 50.3 Å². The topological polar surface area (TPSA) is 88.4 Å². The molecule has 0 spiro atoms. The first-order valence-electron chi connectivity index (χ1n) is 14.9. The minimum Gasteiger partial charge on any atom is -0.490 e. The lowest BCUT2D eigenvalue weighted by atomic mass is 9.97. The van der Waals surface area contributed by atoms with Crippen LogP contribution >= 0.6 is 49.9 Å². The number of halogens is 2. The number of ether oxygens (including phenoxy) is 4. The number of thiazole rings is 1. The number of carbonyl (C=O) groups is 1. The first-order valence-corrected chi connectivity index (χ1v) is 17.6. The summed E-state index contributed by atoms with van der Waals surface area (Å²) in [5.41, 5.74) is 2.51. The van der Waals surface area contributed by atoms with Crippen molar-refractivity contribution < 1.29 is 23.7 Å². The van der Waals surface area contributed by atoms with Crippen LogP contribution in [0.1, 0.15) is 36.6 Å². The van der Waals surface area contributed by atoms with Crippen LogP contribution in [0.5, 0.6) is 17.2 Å². The van der Waals surface area contributed by atoms with Gasteiger partial charge in [-0.05, 0) is 116 Å². The molecule has 0 unspecified atom stereocenters. The predicted octanol–water partition coefficient (Wildman–Crippen LogP) is 6.91. The molecule has 0 N–H and O–H groups in total. The molecule has 1 atom stereocenters. The molecule has 47 heavy (non-hydrogen) atoms. The van der Waals surface area contributed by atoms with E-state index in [-0.39, 0.29) is 11.1 Å². The van der Waals surface area contributed by atoms with Crippen LogP contribution < -0.4 is 29.1 Å². The molecule has 1 aromatic heterocycles. The Hall–Kier alpha value is -3.94. The first-order chi connectivity index (χ1) is 22.8. The number of fused-ring (bicyclic) bond motifs is 2. The number of benzene rings is 4. The van der Waals surface area contributed by atoms with E-state index in [4.69, 9.17) is 18.9 Å². The highest BCUT2D eigenvalue weighted by Gasteiger charge is 2.31. The van der Waals surface area contributed by atoms with Crippen LogP contribution in [0.3, 0.4) is 0 Å². The van der Waals surface area contributed by atoms with Crippen LogP contribution in [-0.2, 0) is 16.1 Å². The number of carbonyl (C=O) groups excluding carboxylic acids is 1. The lowest BCUT2D eigenvalue weighted by molar-refractivity contribution is -0.136. The van der Waals surface area contributed by atoms with Gasteiger partial charge in [0.2, 0.25) is 0 Å². The van der Waals surface area contributed by atoms with Gasteiger partial charge in [-0.3, -0.25) is 9.36 Å². The third-order valence-electron chi connectivity index (χ3n) is 7.52. The van der Waals surface area contributed by atoms with Gasteiger partial charge >= 0.3 is 5.97 Å². The second kappa shape index (κ2) is 14.4. The molecule has 0 saturated heterocycles. The van der Waals surface area contributed by atoms with E-state index in [0.29, 0.717) is 46.2 Å². The minimum absolute atomic E-state index is 0.239. The molecule has 1 aliphatic heterocycles. The number of aromatic nitrogens is 1.